The van der Waals surface area contributed by atoms with Crippen LogP contribution in [0.5, 0.6) is 0 Å². The minimum atomic E-state index is -3.08. The Morgan fingerprint density at radius 3 is 2.43 bits per heavy atom. The van der Waals surface area contributed by atoms with E-state index in [-0.39, 0.29) is 23.3 Å². The van der Waals surface area contributed by atoms with Crippen molar-refractivity contribution in [3.63, 3.8) is 0 Å². The van der Waals surface area contributed by atoms with Gasteiger partial charge in [0.15, 0.2) is 9.84 Å². The highest BCUT2D eigenvalue weighted by molar-refractivity contribution is 7.91. The molecule has 2 aliphatic heterocycles. The van der Waals surface area contributed by atoms with Crippen molar-refractivity contribution < 1.29 is 23.1 Å². The molecular formula is C14H23NO5S. The minimum Gasteiger partial charge on any atom is -0.481 e. The summed E-state index contributed by atoms with van der Waals surface area (Å²) in [7, 11) is -3.08. The summed E-state index contributed by atoms with van der Waals surface area (Å²) in [6.45, 7) is 4.39. The van der Waals surface area contributed by atoms with Crippen LogP contribution in [0.3, 0.4) is 0 Å². The molecular weight excluding hydrogens is 294 g/mol. The quantitative estimate of drug-likeness (QED) is 0.830. The summed E-state index contributed by atoms with van der Waals surface area (Å²) in [5, 5.41) is 9.32. The number of nitrogens with zero attached hydrogens (tertiary/aromatic N) is 1. The largest absolute Gasteiger partial charge is 0.481 e. The molecule has 2 aliphatic rings. The summed E-state index contributed by atoms with van der Waals surface area (Å²) >= 11 is 0. The Kier molecular flexibility index (Phi) is 4.33. The number of carboxylic acids is 1. The van der Waals surface area contributed by atoms with Gasteiger partial charge in [-0.05, 0) is 39.0 Å². The molecule has 2 unspecified atom stereocenters. The molecule has 2 rings (SSSR count). The molecule has 7 heteroatoms. The lowest BCUT2D eigenvalue weighted by Gasteiger charge is -2.40. The third kappa shape index (κ3) is 3.39. The van der Waals surface area contributed by atoms with Crippen LogP contribution in [0.15, 0.2) is 0 Å². The zero-order valence-corrected chi connectivity index (χ0v) is 13.4. The van der Waals surface area contributed by atoms with E-state index in [0.29, 0.717) is 19.5 Å². The van der Waals surface area contributed by atoms with Crippen molar-refractivity contribution in [2.75, 3.05) is 24.6 Å². The Balaban J connectivity index is 2.05. The number of carbonyl (C=O) groups is 2. The highest BCUT2D eigenvalue weighted by Gasteiger charge is 2.42. The molecule has 0 radical (unpaired) electrons. The van der Waals surface area contributed by atoms with Gasteiger partial charge in [-0.1, -0.05) is 0 Å². The van der Waals surface area contributed by atoms with E-state index in [2.05, 4.69) is 0 Å². The number of likely N-dealkylation sites (tertiary alicyclic amines) is 1. The molecule has 120 valence electrons. The van der Waals surface area contributed by atoms with E-state index in [1.165, 1.54) is 0 Å². The second-order valence-electron chi connectivity index (χ2n) is 6.75. The van der Waals surface area contributed by atoms with Crippen molar-refractivity contribution in [1.29, 1.82) is 0 Å². The summed E-state index contributed by atoms with van der Waals surface area (Å²) in [5.74, 6) is -1.49. The first kappa shape index (κ1) is 16.3. The van der Waals surface area contributed by atoms with Crippen LogP contribution >= 0.6 is 0 Å². The van der Waals surface area contributed by atoms with Crippen LogP contribution < -0.4 is 0 Å². The monoisotopic (exact) mass is 317 g/mol. The van der Waals surface area contributed by atoms with Crippen LogP contribution in [0.1, 0.15) is 33.1 Å². The Hall–Kier alpha value is -1.11. The number of piperidine rings is 1. The summed E-state index contributed by atoms with van der Waals surface area (Å²) in [6, 6.07) is 0. The predicted molar refractivity (Wildman–Crippen MR) is 77.5 cm³/mol. The lowest BCUT2D eigenvalue weighted by molar-refractivity contribution is -0.153. The average Bonchev–Trinajstić information content (AvgIpc) is 2.78. The van der Waals surface area contributed by atoms with Crippen LogP contribution in [0.4, 0.5) is 0 Å². The van der Waals surface area contributed by atoms with Gasteiger partial charge in [-0.25, -0.2) is 8.42 Å². The highest BCUT2D eigenvalue weighted by Crippen LogP contribution is 2.35. The number of hydrogen-bond donors (Lipinski definition) is 1. The smallest absolute Gasteiger partial charge is 0.309 e. The fourth-order valence-electron chi connectivity index (χ4n) is 3.19. The Morgan fingerprint density at radius 2 is 1.90 bits per heavy atom. The number of aliphatic carboxylic acids is 1. The van der Waals surface area contributed by atoms with Gasteiger partial charge in [0.1, 0.15) is 0 Å². The molecule has 0 aromatic heterocycles. The molecule has 2 saturated heterocycles. The minimum absolute atomic E-state index is 0.0602. The maximum absolute atomic E-state index is 12.4. The van der Waals surface area contributed by atoms with Gasteiger partial charge in [0.25, 0.3) is 0 Å². The Morgan fingerprint density at radius 1 is 1.24 bits per heavy atom. The lowest BCUT2D eigenvalue weighted by Crippen LogP contribution is -2.48. The van der Waals surface area contributed by atoms with E-state index >= 15 is 0 Å². The Bertz CT molecular complexity index is 540. The molecule has 2 atom stereocenters. The zero-order chi connectivity index (χ0) is 15.8. The van der Waals surface area contributed by atoms with Crippen LogP contribution in [0.25, 0.3) is 0 Å². The van der Waals surface area contributed by atoms with Crippen molar-refractivity contribution in [2.45, 2.75) is 33.1 Å². The summed E-state index contributed by atoms with van der Waals surface area (Å²) in [6.07, 6.45) is 1.95. The number of sulfone groups is 1. The standard InChI is InChI=1S/C14H23NO5S/c1-14(2,13(17)18)11-4-3-6-15(8-11)12(16)10-5-7-21(19,20)9-10/h10-11H,3-9H2,1-2H3,(H,17,18). The number of carbonyl (C=O) groups excluding carboxylic acids is 1. The first-order chi connectivity index (χ1) is 9.63. The third-order valence-corrected chi connectivity index (χ3v) is 6.65. The average molecular weight is 317 g/mol. The third-order valence-electron chi connectivity index (χ3n) is 4.89. The highest BCUT2D eigenvalue weighted by atomic mass is 32.2. The van der Waals surface area contributed by atoms with Gasteiger partial charge < -0.3 is 10.0 Å². The van der Waals surface area contributed by atoms with E-state index in [9.17, 15) is 23.1 Å². The molecule has 2 heterocycles. The van der Waals surface area contributed by atoms with Crippen LogP contribution in [-0.2, 0) is 19.4 Å². The second kappa shape index (κ2) is 5.59. The number of rotatable bonds is 3. The van der Waals surface area contributed by atoms with Crippen LogP contribution in [0, 0.1) is 17.3 Å². The van der Waals surface area contributed by atoms with E-state index in [1.807, 2.05) is 0 Å². The molecule has 0 saturated carbocycles. The first-order valence-corrected chi connectivity index (χ1v) is 9.18. The molecule has 1 N–H and O–H groups in total. The topological polar surface area (TPSA) is 91.8 Å². The van der Waals surface area contributed by atoms with Crippen molar-refractivity contribution in [1.82, 2.24) is 4.90 Å². The van der Waals surface area contributed by atoms with Crippen molar-refractivity contribution in [3.05, 3.63) is 0 Å². The van der Waals surface area contributed by atoms with E-state index < -0.39 is 27.1 Å². The van der Waals surface area contributed by atoms with E-state index in [0.717, 1.165) is 12.8 Å². The predicted octanol–water partition coefficient (Wildman–Crippen LogP) is 0.770. The molecule has 1 amide bonds. The van der Waals surface area contributed by atoms with E-state index in [1.54, 1.807) is 18.7 Å². The fraction of sp³-hybridized carbons (Fsp3) is 0.857. The lowest BCUT2D eigenvalue weighted by atomic mass is 9.74. The summed E-state index contributed by atoms with van der Waals surface area (Å²) in [5.41, 5.74) is -0.874. The van der Waals surface area contributed by atoms with Gasteiger partial charge in [-0.3, -0.25) is 9.59 Å². The number of carboxylic acid groups (broad SMARTS) is 1. The van der Waals surface area contributed by atoms with Gasteiger partial charge in [0.05, 0.1) is 22.8 Å². The molecule has 21 heavy (non-hydrogen) atoms. The van der Waals surface area contributed by atoms with Gasteiger partial charge in [0, 0.05) is 13.1 Å². The molecule has 0 bridgehead atoms. The van der Waals surface area contributed by atoms with Crippen molar-refractivity contribution >= 4 is 21.7 Å². The van der Waals surface area contributed by atoms with Crippen LogP contribution in [0.2, 0.25) is 0 Å². The van der Waals surface area contributed by atoms with Gasteiger partial charge in [-0.2, -0.15) is 0 Å². The molecule has 0 aliphatic carbocycles. The molecule has 6 nitrogen and oxygen atoms in total. The molecule has 0 spiro atoms. The molecule has 2 fully saturated rings. The normalized spacial score (nSPS) is 29.3. The van der Waals surface area contributed by atoms with Gasteiger partial charge in [0.2, 0.25) is 5.91 Å². The maximum Gasteiger partial charge on any atom is 0.309 e. The van der Waals surface area contributed by atoms with Crippen LogP contribution in [-0.4, -0.2) is 54.9 Å². The zero-order valence-electron chi connectivity index (χ0n) is 12.5. The van der Waals surface area contributed by atoms with Crippen molar-refractivity contribution in [2.24, 2.45) is 17.3 Å². The SMILES string of the molecule is CC(C)(C(=O)O)C1CCCN(C(=O)C2CCS(=O)(=O)C2)C1. The van der Waals surface area contributed by atoms with Crippen molar-refractivity contribution in [3.8, 4) is 0 Å². The molecule has 0 aromatic rings. The van der Waals surface area contributed by atoms with Gasteiger partial charge >= 0.3 is 5.97 Å². The maximum atomic E-state index is 12.4. The second-order valence-corrected chi connectivity index (χ2v) is 8.98. The number of hydrogen-bond acceptors (Lipinski definition) is 4. The fourth-order valence-corrected chi connectivity index (χ4v) is 4.92. The summed E-state index contributed by atoms with van der Waals surface area (Å²) in [4.78, 5) is 25.5. The number of amides is 1. The van der Waals surface area contributed by atoms with E-state index in [4.69, 9.17) is 0 Å². The van der Waals surface area contributed by atoms with Gasteiger partial charge in [-0.15, -0.1) is 0 Å². The Labute approximate surface area is 125 Å². The first-order valence-electron chi connectivity index (χ1n) is 7.36. The summed E-state index contributed by atoms with van der Waals surface area (Å²) < 4.78 is 23.0. The molecule has 0 aromatic carbocycles.